The molecule has 0 unspecified atom stereocenters. The maximum Gasteiger partial charge on any atom is 0.161 e. The van der Waals surface area contributed by atoms with Gasteiger partial charge in [0, 0.05) is 32.8 Å². The Balaban J connectivity index is 1.21. The standard InChI is InChI=1S/C48H30N2O/c1-3-12-31(13-4-1)33-22-24-34(25-23-33)39-26-27-41(45-42-29-36-16-7-8-17-37(36)30-44(42)51-47(39)45)48-49-43-21-10-9-20-40(43)46(50-48)38-19-11-18-35(28-38)32-14-5-2-6-15-32/h1-30H. The highest BCUT2D eigenvalue weighted by molar-refractivity contribution is 6.18. The van der Waals surface area contributed by atoms with Gasteiger partial charge in [0.25, 0.3) is 0 Å². The van der Waals surface area contributed by atoms with Gasteiger partial charge in [-0.2, -0.15) is 0 Å². The molecule has 10 aromatic rings. The molecule has 2 heterocycles. The fourth-order valence-electron chi connectivity index (χ4n) is 7.35. The Morgan fingerprint density at radius 3 is 1.75 bits per heavy atom. The first-order chi connectivity index (χ1) is 25.3. The Hall–Kier alpha value is -6.84. The number of benzene rings is 8. The molecule has 0 bridgehead atoms. The van der Waals surface area contributed by atoms with Crippen molar-refractivity contribution >= 4 is 43.6 Å². The van der Waals surface area contributed by atoms with E-state index in [1.165, 1.54) is 16.7 Å². The average Bonchev–Trinajstić information content (AvgIpc) is 3.58. The van der Waals surface area contributed by atoms with Crippen LogP contribution in [0.2, 0.25) is 0 Å². The summed E-state index contributed by atoms with van der Waals surface area (Å²) < 4.78 is 6.83. The third-order valence-corrected chi connectivity index (χ3v) is 9.88. The van der Waals surface area contributed by atoms with Gasteiger partial charge in [0.05, 0.1) is 11.2 Å². The van der Waals surface area contributed by atoms with Crippen molar-refractivity contribution in [1.82, 2.24) is 9.97 Å². The van der Waals surface area contributed by atoms with Gasteiger partial charge in [-0.3, -0.25) is 0 Å². The predicted octanol–water partition coefficient (Wildman–Crippen LogP) is 13.0. The molecule has 0 radical (unpaired) electrons. The molecule has 0 spiro atoms. The second-order valence-corrected chi connectivity index (χ2v) is 13.0. The van der Waals surface area contributed by atoms with Crippen LogP contribution in [0.4, 0.5) is 0 Å². The van der Waals surface area contributed by atoms with Gasteiger partial charge in [-0.1, -0.05) is 146 Å². The van der Waals surface area contributed by atoms with Crippen LogP contribution in [0.5, 0.6) is 0 Å². The molecular weight excluding hydrogens is 621 g/mol. The van der Waals surface area contributed by atoms with Crippen LogP contribution in [0.25, 0.3) is 99.6 Å². The summed E-state index contributed by atoms with van der Waals surface area (Å²) in [7, 11) is 0. The highest BCUT2D eigenvalue weighted by atomic mass is 16.3. The first-order valence-electron chi connectivity index (χ1n) is 17.2. The molecule has 0 aliphatic carbocycles. The van der Waals surface area contributed by atoms with E-state index in [1.54, 1.807) is 0 Å². The topological polar surface area (TPSA) is 38.9 Å². The maximum absolute atomic E-state index is 6.83. The first-order valence-corrected chi connectivity index (χ1v) is 17.2. The van der Waals surface area contributed by atoms with E-state index in [4.69, 9.17) is 14.4 Å². The van der Waals surface area contributed by atoms with Crippen molar-refractivity contribution in [3.8, 4) is 56.0 Å². The zero-order valence-electron chi connectivity index (χ0n) is 27.6. The molecule has 0 aliphatic rings. The van der Waals surface area contributed by atoms with Crippen molar-refractivity contribution in [2.45, 2.75) is 0 Å². The summed E-state index contributed by atoms with van der Waals surface area (Å²) in [4.78, 5) is 10.6. The van der Waals surface area contributed by atoms with Crippen LogP contribution in [-0.4, -0.2) is 9.97 Å². The van der Waals surface area contributed by atoms with E-state index in [9.17, 15) is 0 Å². The van der Waals surface area contributed by atoms with E-state index < -0.39 is 0 Å². The fourth-order valence-corrected chi connectivity index (χ4v) is 7.35. The molecule has 0 aliphatic heterocycles. The molecular formula is C48H30N2O. The Morgan fingerprint density at radius 2 is 0.961 bits per heavy atom. The second-order valence-electron chi connectivity index (χ2n) is 13.0. The smallest absolute Gasteiger partial charge is 0.161 e. The summed E-state index contributed by atoms with van der Waals surface area (Å²) in [6, 6.07) is 63.8. The van der Waals surface area contributed by atoms with E-state index >= 15 is 0 Å². The number of hydrogen-bond donors (Lipinski definition) is 0. The SMILES string of the molecule is c1ccc(-c2ccc(-c3ccc(-c4nc(-c5cccc(-c6ccccc6)c5)c5ccccc5n4)c4c3oc3cc5ccccc5cc34)cc2)cc1. The van der Waals surface area contributed by atoms with Crippen LogP contribution in [0, 0.1) is 0 Å². The Morgan fingerprint density at radius 1 is 0.373 bits per heavy atom. The van der Waals surface area contributed by atoms with E-state index in [-0.39, 0.29) is 0 Å². The number of aromatic nitrogens is 2. The average molecular weight is 651 g/mol. The molecule has 51 heavy (non-hydrogen) atoms. The fraction of sp³-hybridized carbons (Fsp3) is 0. The van der Waals surface area contributed by atoms with Crippen LogP contribution < -0.4 is 0 Å². The molecule has 8 aromatic carbocycles. The first kappa shape index (κ1) is 29.1. The van der Waals surface area contributed by atoms with E-state index in [0.717, 1.165) is 77.1 Å². The van der Waals surface area contributed by atoms with Crippen molar-refractivity contribution < 1.29 is 4.42 Å². The van der Waals surface area contributed by atoms with Gasteiger partial charge in [-0.05, 0) is 75.0 Å². The zero-order valence-corrected chi connectivity index (χ0v) is 27.6. The summed E-state index contributed by atoms with van der Waals surface area (Å²) in [5, 5.41) is 5.38. The number of furan rings is 1. The third kappa shape index (κ3) is 5.06. The monoisotopic (exact) mass is 650 g/mol. The zero-order chi connectivity index (χ0) is 33.7. The molecule has 0 saturated carbocycles. The highest BCUT2D eigenvalue weighted by Gasteiger charge is 2.21. The van der Waals surface area contributed by atoms with Gasteiger partial charge >= 0.3 is 0 Å². The van der Waals surface area contributed by atoms with E-state index in [2.05, 4.69) is 164 Å². The molecule has 238 valence electrons. The minimum absolute atomic E-state index is 0.667. The number of nitrogens with zero attached hydrogens (tertiary/aromatic N) is 2. The molecule has 2 aromatic heterocycles. The normalized spacial score (nSPS) is 11.5. The lowest BCUT2D eigenvalue weighted by Crippen LogP contribution is -1.96. The van der Waals surface area contributed by atoms with Crippen LogP contribution in [0.3, 0.4) is 0 Å². The summed E-state index contributed by atoms with van der Waals surface area (Å²) in [5.74, 6) is 0.667. The van der Waals surface area contributed by atoms with Gasteiger partial charge in [-0.25, -0.2) is 9.97 Å². The van der Waals surface area contributed by atoms with E-state index in [1.807, 2.05) is 18.2 Å². The van der Waals surface area contributed by atoms with Gasteiger partial charge in [0.2, 0.25) is 0 Å². The third-order valence-electron chi connectivity index (χ3n) is 9.88. The Kier molecular flexibility index (Phi) is 6.81. The lowest BCUT2D eigenvalue weighted by molar-refractivity contribution is 0.670. The molecule has 0 amide bonds. The molecule has 3 nitrogen and oxygen atoms in total. The highest BCUT2D eigenvalue weighted by Crippen LogP contribution is 2.43. The summed E-state index contributed by atoms with van der Waals surface area (Å²) in [6.45, 7) is 0. The van der Waals surface area contributed by atoms with Crippen LogP contribution in [0.1, 0.15) is 0 Å². The second kappa shape index (κ2) is 11.9. The van der Waals surface area contributed by atoms with Crippen LogP contribution in [0.15, 0.2) is 186 Å². The van der Waals surface area contributed by atoms with Gasteiger partial charge in [-0.15, -0.1) is 0 Å². The predicted molar refractivity (Wildman–Crippen MR) is 212 cm³/mol. The van der Waals surface area contributed by atoms with Gasteiger partial charge in [0.15, 0.2) is 5.82 Å². The largest absolute Gasteiger partial charge is 0.455 e. The number of fused-ring (bicyclic) bond motifs is 5. The summed E-state index contributed by atoms with van der Waals surface area (Å²) in [6.07, 6.45) is 0. The molecule has 3 heteroatoms. The minimum atomic E-state index is 0.667. The van der Waals surface area contributed by atoms with Crippen molar-refractivity contribution in [3.63, 3.8) is 0 Å². The number of rotatable bonds is 5. The lowest BCUT2D eigenvalue weighted by Gasteiger charge is -2.12. The molecule has 0 saturated heterocycles. The van der Waals surface area contributed by atoms with Gasteiger partial charge < -0.3 is 4.42 Å². The van der Waals surface area contributed by atoms with Crippen LogP contribution >= 0.6 is 0 Å². The molecule has 0 fully saturated rings. The van der Waals surface area contributed by atoms with Crippen LogP contribution in [-0.2, 0) is 0 Å². The van der Waals surface area contributed by atoms with Crippen molar-refractivity contribution in [2.75, 3.05) is 0 Å². The Labute approximate surface area is 295 Å². The summed E-state index contributed by atoms with van der Waals surface area (Å²) in [5.41, 5.74) is 12.3. The lowest BCUT2D eigenvalue weighted by atomic mass is 9.95. The summed E-state index contributed by atoms with van der Waals surface area (Å²) >= 11 is 0. The number of para-hydroxylation sites is 1. The van der Waals surface area contributed by atoms with Gasteiger partial charge in [0.1, 0.15) is 11.2 Å². The Bertz CT molecular complexity index is 2890. The molecule has 0 atom stereocenters. The maximum atomic E-state index is 6.83. The quantitative estimate of drug-likeness (QED) is 0.186. The number of hydrogen-bond acceptors (Lipinski definition) is 3. The minimum Gasteiger partial charge on any atom is -0.455 e. The van der Waals surface area contributed by atoms with Crippen molar-refractivity contribution in [3.05, 3.63) is 182 Å². The van der Waals surface area contributed by atoms with Crippen molar-refractivity contribution in [2.24, 2.45) is 0 Å². The van der Waals surface area contributed by atoms with E-state index in [0.29, 0.717) is 5.82 Å². The molecule has 10 rings (SSSR count). The van der Waals surface area contributed by atoms with Crippen molar-refractivity contribution in [1.29, 1.82) is 0 Å². The molecule has 0 N–H and O–H groups in total.